The molecule has 0 N–H and O–H groups in total. The molecule has 2 aromatic rings. The Morgan fingerprint density at radius 2 is 2.00 bits per heavy atom. The van der Waals surface area contributed by atoms with Crippen LogP contribution in [0.2, 0.25) is 5.02 Å². The molecule has 0 radical (unpaired) electrons. The summed E-state index contributed by atoms with van der Waals surface area (Å²) in [6.07, 6.45) is 4.07. The first-order chi connectivity index (χ1) is 14.9. The second kappa shape index (κ2) is 9.53. The summed E-state index contributed by atoms with van der Waals surface area (Å²) in [5.74, 6) is -0.511. The van der Waals surface area contributed by atoms with Crippen LogP contribution in [0.25, 0.3) is 0 Å². The van der Waals surface area contributed by atoms with Crippen LogP contribution in [-0.2, 0) is 11.3 Å². The van der Waals surface area contributed by atoms with Gasteiger partial charge >= 0.3 is 5.97 Å². The van der Waals surface area contributed by atoms with E-state index in [1.165, 1.54) is 25.3 Å². The summed E-state index contributed by atoms with van der Waals surface area (Å²) in [5, 5.41) is 0.439. The van der Waals surface area contributed by atoms with E-state index in [9.17, 15) is 13.6 Å². The van der Waals surface area contributed by atoms with Crippen molar-refractivity contribution < 1.29 is 23.0 Å². The maximum atomic E-state index is 14.5. The third-order valence-electron chi connectivity index (χ3n) is 6.01. The number of piperidine rings is 1. The van der Waals surface area contributed by atoms with Gasteiger partial charge in [0.2, 0.25) is 0 Å². The summed E-state index contributed by atoms with van der Waals surface area (Å²) in [4.78, 5) is 14.1. The topological polar surface area (TPSA) is 38.8 Å². The minimum absolute atomic E-state index is 0.0447. The molecular weight excluding hydrogens is 424 g/mol. The van der Waals surface area contributed by atoms with E-state index < -0.39 is 11.8 Å². The lowest BCUT2D eigenvalue weighted by Crippen LogP contribution is -2.37. The molecule has 0 amide bonds. The molecule has 1 aliphatic heterocycles. The molecule has 31 heavy (non-hydrogen) atoms. The third-order valence-corrected chi connectivity index (χ3v) is 6.36. The number of carbonyl (C=O) groups excluding carboxylic acids is 1. The van der Waals surface area contributed by atoms with Gasteiger partial charge in [0.05, 0.1) is 19.3 Å². The number of benzene rings is 2. The molecule has 1 saturated heterocycles. The molecule has 2 aromatic carbocycles. The molecule has 7 heteroatoms. The first-order valence-electron chi connectivity index (χ1n) is 10.7. The van der Waals surface area contributed by atoms with E-state index in [1.807, 2.05) is 0 Å². The van der Waals surface area contributed by atoms with E-state index in [4.69, 9.17) is 16.3 Å². The number of hydrogen-bond acceptors (Lipinski definition) is 4. The molecule has 4 rings (SSSR count). The van der Waals surface area contributed by atoms with Crippen LogP contribution in [0.15, 0.2) is 30.3 Å². The van der Waals surface area contributed by atoms with Gasteiger partial charge < -0.3 is 9.47 Å². The van der Waals surface area contributed by atoms with Crippen LogP contribution in [0.5, 0.6) is 5.75 Å². The number of halogens is 3. The number of esters is 1. The molecule has 2 fully saturated rings. The van der Waals surface area contributed by atoms with Crippen LogP contribution >= 0.6 is 11.6 Å². The summed E-state index contributed by atoms with van der Waals surface area (Å²) in [7, 11) is 1.25. The maximum Gasteiger partial charge on any atom is 0.340 e. The molecule has 1 heterocycles. The van der Waals surface area contributed by atoms with Gasteiger partial charge in [-0.1, -0.05) is 17.7 Å². The van der Waals surface area contributed by atoms with Crippen molar-refractivity contribution >= 4 is 17.6 Å². The molecule has 0 unspecified atom stereocenters. The Balaban J connectivity index is 1.40. The smallest absolute Gasteiger partial charge is 0.340 e. The van der Waals surface area contributed by atoms with Gasteiger partial charge in [-0.15, -0.1) is 0 Å². The van der Waals surface area contributed by atoms with Crippen molar-refractivity contribution in [2.24, 2.45) is 5.92 Å². The van der Waals surface area contributed by atoms with E-state index in [1.54, 1.807) is 12.1 Å². The number of likely N-dealkylation sites (tertiary alicyclic amines) is 1. The normalized spacial score (nSPS) is 19.3. The zero-order chi connectivity index (χ0) is 22.0. The molecule has 0 spiro atoms. The largest absolute Gasteiger partial charge is 0.493 e. The second-order valence-electron chi connectivity index (χ2n) is 8.43. The van der Waals surface area contributed by atoms with Crippen molar-refractivity contribution in [2.45, 2.75) is 38.1 Å². The fourth-order valence-corrected chi connectivity index (χ4v) is 4.43. The summed E-state index contributed by atoms with van der Waals surface area (Å²) >= 11 is 6.18. The molecular formula is C24H26ClF2NO3. The monoisotopic (exact) mass is 449 g/mol. The lowest BCUT2D eigenvalue weighted by atomic mass is 9.98. The molecule has 0 aromatic heterocycles. The fraction of sp³-hybridized carbons (Fsp3) is 0.458. The van der Waals surface area contributed by atoms with Gasteiger partial charge in [0.25, 0.3) is 0 Å². The Morgan fingerprint density at radius 3 is 2.71 bits per heavy atom. The molecule has 1 saturated carbocycles. The number of methoxy groups -OCH3 is 1. The third kappa shape index (κ3) is 5.36. The Bertz CT molecular complexity index is 964. The summed E-state index contributed by atoms with van der Waals surface area (Å²) in [6, 6.07) is 7.40. The van der Waals surface area contributed by atoms with Gasteiger partial charge in [-0.2, -0.15) is 0 Å². The van der Waals surface area contributed by atoms with E-state index in [-0.39, 0.29) is 11.4 Å². The average molecular weight is 450 g/mol. The van der Waals surface area contributed by atoms with Crippen LogP contribution in [0.1, 0.15) is 53.1 Å². The SMILES string of the molecule is COC(=O)c1cc(C2CC2)c(OC[C@@H]2CCCN(Cc3ccc(F)cc3Cl)C2)cc1F. The van der Waals surface area contributed by atoms with Crippen LogP contribution in [0.4, 0.5) is 8.78 Å². The number of carbonyl (C=O) groups is 1. The van der Waals surface area contributed by atoms with E-state index in [0.29, 0.717) is 35.8 Å². The molecule has 166 valence electrons. The predicted octanol–water partition coefficient (Wildman–Crippen LogP) is 5.57. The zero-order valence-electron chi connectivity index (χ0n) is 17.5. The molecule has 1 atom stereocenters. The van der Waals surface area contributed by atoms with Gasteiger partial charge in [-0.25, -0.2) is 13.6 Å². The number of rotatable bonds is 7. The highest BCUT2D eigenvalue weighted by Crippen LogP contribution is 2.45. The average Bonchev–Trinajstić information content (AvgIpc) is 3.59. The first-order valence-corrected chi connectivity index (χ1v) is 11.0. The number of nitrogens with zero attached hydrogens (tertiary/aromatic N) is 1. The Hall–Kier alpha value is -2.18. The van der Waals surface area contributed by atoms with Gasteiger partial charge in [0.15, 0.2) is 0 Å². The highest BCUT2D eigenvalue weighted by atomic mass is 35.5. The maximum absolute atomic E-state index is 14.5. The zero-order valence-corrected chi connectivity index (χ0v) is 18.3. The molecule has 2 aliphatic rings. The molecule has 0 bridgehead atoms. The van der Waals surface area contributed by atoms with Crippen molar-refractivity contribution in [1.29, 1.82) is 0 Å². The van der Waals surface area contributed by atoms with Gasteiger partial charge in [-0.05, 0) is 67.5 Å². The quantitative estimate of drug-likeness (QED) is 0.518. The second-order valence-corrected chi connectivity index (χ2v) is 8.83. The standard InChI is InChI=1S/C24H26ClF2NO3/c1-30-24(29)20-10-19(16-4-5-16)23(11-22(20)27)31-14-15-3-2-8-28(12-15)13-17-6-7-18(26)9-21(17)25/h6-7,9-11,15-16H,2-5,8,12-14H2,1H3/t15-/m1/s1. The predicted molar refractivity (Wildman–Crippen MR) is 115 cm³/mol. The number of ether oxygens (including phenoxy) is 2. The van der Waals surface area contributed by atoms with Crippen LogP contribution in [0.3, 0.4) is 0 Å². The van der Waals surface area contributed by atoms with Crippen molar-refractivity contribution in [3.05, 3.63) is 63.7 Å². The van der Waals surface area contributed by atoms with E-state index >= 15 is 0 Å². The minimum Gasteiger partial charge on any atom is -0.493 e. The van der Waals surface area contributed by atoms with Crippen LogP contribution in [0, 0.1) is 17.6 Å². The first kappa shape index (κ1) is 22.0. The molecule has 4 nitrogen and oxygen atoms in total. The Morgan fingerprint density at radius 1 is 1.19 bits per heavy atom. The lowest BCUT2D eigenvalue weighted by Gasteiger charge is -2.33. The van der Waals surface area contributed by atoms with Gasteiger partial charge in [0, 0.05) is 30.1 Å². The van der Waals surface area contributed by atoms with Crippen molar-refractivity contribution in [1.82, 2.24) is 4.90 Å². The lowest BCUT2D eigenvalue weighted by molar-refractivity contribution is 0.0595. The van der Waals surface area contributed by atoms with Crippen LogP contribution in [-0.4, -0.2) is 37.7 Å². The van der Waals surface area contributed by atoms with Crippen molar-refractivity contribution in [3.63, 3.8) is 0 Å². The van der Waals surface area contributed by atoms with Crippen LogP contribution < -0.4 is 4.74 Å². The minimum atomic E-state index is -0.673. The van der Waals surface area contributed by atoms with Crippen molar-refractivity contribution in [3.8, 4) is 5.75 Å². The fourth-order valence-electron chi connectivity index (χ4n) is 4.21. The highest BCUT2D eigenvalue weighted by Gasteiger charge is 2.30. The Labute approximate surface area is 186 Å². The van der Waals surface area contributed by atoms with Crippen molar-refractivity contribution in [2.75, 3.05) is 26.8 Å². The van der Waals surface area contributed by atoms with E-state index in [2.05, 4.69) is 9.64 Å². The molecule has 1 aliphatic carbocycles. The highest BCUT2D eigenvalue weighted by molar-refractivity contribution is 6.31. The summed E-state index contributed by atoms with van der Waals surface area (Å²) in [6.45, 7) is 2.91. The van der Waals surface area contributed by atoms with Gasteiger partial charge in [0.1, 0.15) is 17.4 Å². The Kier molecular flexibility index (Phi) is 6.77. The van der Waals surface area contributed by atoms with Gasteiger partial charge in [-0.3, -0.25) is 4.90 Å². The summed E-state index contributed by atoms with van der Waals surface area (Å²) < 4.78 is 38.5. The number of hydrogen-bond donors (Lipinski definition) is 0. The van der Waals surface area contributed by atoms with E-state index in [0.717, 1.165) is 49.9 Å². The summed E-state index contributed by atoms with van der Waals surface area (Å²) in [5.41, 5.74) is 1.74.